The molecule has 0 fully saturated rings. The van der Waals surface area contributed by atoms with E-state index in [0.29, 0.717) is 6.42 Å². The third kappa shape index (κ3) is 4.33. The van der Waals surface area contributed by atoms with Crippen LogP contribution in [0.4, 0.5) is 0 Å². The van der Waals surface area contributed by atoms with Gasteiger partial charge in [-0.2, -0.15) is 0 Å². The lowest BCUT2D eigenvalue weighted by Gasteiger charge is -2.15. The Hall–Kier alpha value is -1.91. The first kappa shape index (κ1) is 16.1. The first-order valence-corrected chi connectivity index (χ1v) is 7.97. The van der Waals surface area contributed by atoms with E-state index in [1.165, 1.54) is 0 Å². The maximum Gasteiger partial charge on any atom is 0.271 e. The molecule has 4 heteroatoms. The fourth-order valence-corrected chi connectivity index (χ4v) is 2.68. The first-order valence-electron chi connectivity index (χ1n) is 6.53. The summed E-state index contributed by atoms with van der Waals surface area (Å²) in [6.07, 6.45) is 7.87. The van der Waals surface area contributed by atoms with Gasteiger partial charge in [0.1, 0.15) is 6.54 Å². The lowest BCUT2D eigenvalue weighted by molar-refractivity contribution is 0.535. The maximum absolute atomic E-state index is 12.4. The number of unbranched alkanes of at least 4 members (excludes halogenated alkanes) is 2. The smallest absolute Gasteiger partial charge is 0.212 e. The monoisotopic (exact) mass is 289 g/mol. The summed E-state index contributed by atoms with van der Waals surface area (Å²) in [6, 6.07) is 9.32. The number of hydrogen-bond acceptors (Lipinski definition) is 2. The topological polar surface area (TPSA) is 37.4 Å². The SMILES string of the molecule is C#CCN(C#CCCCC)S(=O)(=O)c1ccc(C)cc1. The van der Waals surface area contributed by atoms with Crippen LogP contribution in [0.1, 0.15) is 31.7 Å². The third-order valence-electron chi connectivity index (χ3n) is 2.70. The quantitative estimate of drug-likeness (QED) is 0.475. The van der Waals surface area contributed by atoms with Gasteiger partial charge >= 0.3 is 0 Å². The molecular weight excluding hydrogens is 270 g/mol. The summed E-state index contributed by atoms with van der Waals surface area (Å²) >= 11 is 0. The zero-order chi connectivity index (χ0) is 15.0. The van der Waals surface area contributed by atoms with Crippen LogP contribution in [0.3, 0.4) is 0 Å². The molecule has 0 N–H and O–H groups in total. The molecule has 0 spiro atoms. The van der Waals surface area contributed by atoms with Crippen molar-refractivity contribution >= 4 is 10.0 Å². The van der Waals surface area contributed by atoms with Crippen molar-refractivity contribution in [3.8, 4) is 24.3 Å². The highest BCUT2D eigenvalue weighted by Crippen LogP contribution is 2.15. The van der Waals surface area contributed by atoms with Gasteiger partial charge in [-0.3, -0.25) is 0 Å². The lowest BCUT2D eigenvalue weighted by Crippen LogP contribution is -2.27. The molecule has 0 heterocycles. The predicted octanol–water partition coefficient (Wildman–Crippen LogP) is 2.77. The van der Waals surface area contributed by atoms with E-state index in [1.54, 1.807) is 24.3 Å². The highest BCUT2D eigenvalue weighted by atomic mass is 32.2. The lowest BCUT2D eigenvalue weighted by atomic mass is 10.2. The van der Waals surface area contributed by atoms with Crippen LogP contribution in [0.25, 0.3) is 0 Å². The zero-order valence-corrected chi connectivity index (χ0v) is 12.7. The van der Waals surface area contributed by atoms with E-state index < -0.39 is 10.0 Å². The minimum Gasteiger partial charge on any atom is -0.212 e. The van der Waals surface area contributed by atoms with Crippen LogP contribution in [0.15, 0.2) is 29.2 Å². The van der Waals surface area contributed by atoms with Crippen LogP contribution in [-0.4, -0.2) is 19.3 Å². The van der Waals surface area contributed by atoms with E-state index in [4.69, 9.17) is 6.42 Å². The fraction of sp³-hybridized carbons (Fsp3) is 0.375. The van der Waals surface area contributed by atoms with Crippen molar-refractivity contribution in [2.75, 3.05) is 6.54 Å². The van der Waals surface area contributed by atoms with E-state index in [-0.39, 0.29) is 11.4 Å². The first-order chi connectivity index (χ1) is 9.52. The number of benzene rings is 1. The van der Waals surface area contributed by atoms with Crippen LogP contribution >= 0.6 is 0 Å². The molecule has 0 unspecified atom stereocenters. The van der Waals surface area contributed by atoms with E-state index in [9.17, 15) is 8.42 Å². The molecule has 0 aliphatic carbocycles. The molecular formula is C16H19NO2S. The summed E-state index contributed by atoms with van der Waals surface area (Å²) in [5.74, 6) is 5.20. The van der Waals surface area contributed by atoms with Gasteiger partial charge in [-0.05, 0) is 25.5 Å². The summed E-state index contributed by atoms with van der Waals surface area (Å²) in [5, 5.41) is 0. The van der Waals surface area contributed by atoms with Crippen LogP contribution in [-0.2, 0) is 10.0 Å². The Kier molecular flexibility index (Phi) is 6.15. The van der Waals surface area contributed by atoms with Crippen molar-refractivity contribution in [2.45, 2.75) is 38.0 Å². The largest absolute Gasteiger partial charge is 0.271 e. The van der Waals surface area contributed by atoms with Crippen molar-refractivity contribution in [2.24, 2.45) is 0 Å². The van der Waals surface area contributed by atoms with Gasteiger partial charge in [-0.15, -0.1) is 6.42 Å². The Morgan fingerprint density at radius 2 is 1.90 bits per heavy atom. The van der Waals surface area contributed by atoms with E-state index in [0.717, 1.165) is 22.7 Å². The predicted molar refractivity (Wildman–Crippen MR) is 81.2 cm³/mol. The summed E-state index contributed by atoms with van der Waals surface area (Å²) in [4.78, 5) is 0.211. The molecule has 106 valence electrons. The second kappa shape index (κ2) is 7.62. The van der Waals surface area contributed by atoms with E-state index in [2.05, 4.69) is 24.8 Å². The van der Waals surface area contributed by atoms with Gasteiger partial charge in [-0.25, -0.2) is 12.7 Å². The summed E-state index contributed by atoms with van der Waals surface area (Å²) in [5.41, 5.74) is 1.00. The molecule has 0 aliphatic rings. The van der Waals surface area contributed by atoms with Gasteiger partial charge in [0.2, 0.25) is 0 Å². The molecule has 0 saturated carbocycles. The average molecular weight is 289 g/mol. The maximum atomic E-state index is 12.4. The molecule has 0 aromatic heterocycles. The standard InChI is InChI=1S/C16H19NO2S/c1-4-6-7-8-14-17(13-5-2)20(18,19)16-11-9-15(3)10-12-16/h2,9-12H,4,6-7,13H2,1,3H3. The van der Waals surface area contributed by atoms with E-state index in [1.807, 2.05) is 6.92 Å². The highest BCUT2D eigenvalue weighted by molar-refractivity contribution is 7.89. The van der Waals surface area contributed by atoms with Gasteiger partial charge in [0.05, 0.1) is 4.90 Å². The van der Waals surface area contributed by atoms with Crippen molar-refractivity contribution < 1.29 is 8.42 Å². The minimum absolute atomic E-state index is 0.0463. The number of aryl methyl sites for hydroxylation is 1. The number of terminal acetylenes is 1. The number of hydrogen-bond donors (Lipinski definition) is 0. The molecule has 1 rings (SSSR count). The molecule has 3 nitrogen and oxygen atoms in total. The molecule has 1 aromatic rings. The zero-order valence-electron chi connectivity index (χ0n) is 11.9. The normalized spacial score (nSPS) is 10.2. The van der Waals surface area contributed by atoms with Crippen molar-refractivity contribution in [3.63, 3.8) is 0 Å². The Bertz CT molecular complexity index is 628. The van der Waals surface area contributed by atoms with Gasteiger partial charge in [0, 0.05) is 12.5 Å². The van der Waals surface area contributed by atoms with Crippen molar-refractivity contribution in [1.82, 2.24) is 4.31 Å². The van der Waals surface area contributed by atoms with Crippen molar-refractivity contribution in [3.05, 3.63) is 29.8 Å². The summed E-state index contributed by atoms with van der Waals surface area (Å²) < 4.78 is 25.9. The van der Waals surface area contributed by atoms with E-state index >= 15 is 0 Å². The molecule has 0 radical (unpaired) electrons. The second-order valence-electron chi connectivity index (χ2n) is 4.42. The van der Waals surface area contributed by atoms with Crippen LogP contribution < -0.4 is 0 Å². The number of rotatable bonds is 5. The van der Waals surface area contributed by atoms with Gasteiger partial charge < -0.3 is 0 Å². The summed E-state index contributed by atoms with van der Waals surface area (Å²) in [6.45, 7) is 3.92. The molecule has 0 aliphatic heterocycles. The van der Waals surface area contributed by atoms with Gasteiger partial charge in [-0.1, -0.05) is 42.9 Å². The number of sulfonamides is 1. The van der Waals surface area contributed by atoms with Gasteiger partial charge in [0.25, 0.3) is 10.0 Å². The Morgan fingerprint density at radius 1 is 1.25 bits per heavy atom. The van der Waals surface area contributed by atoms with Crippen LogP contribution in [0.2, 0.25) is 0 Å². The Labute approximate surface area is 122 Å². The molecule has 0 bridgehead atoms. The molecule has 1 aromatic carbocycles. The molecule has 0 saturated heterocycles. The van der Waals surface area contributed by atoms with Crippen LogP contribution in [0, 0.1) is 31.2 Å². The average Bonchev–Trinajstić information content (AvgIpc) is 2.42. The molecule has 20 heavy (non-hydrogen) atoms. The third-order valence-corrected chi connectivity index (χ3v) is 4.37. The van der Waals surface area contributed by atoms with Crippen molar-refractivity contribution in [1.29, 1.82) is 0 Å². The minimum atomic E-state index is -3.65. The van der Waals surface area contributed by atoms with Gasteiger partial charge in [0.15, 0.2) is 0 Å². The Morgan fingerprint density at radius 3 is 2.45 bits per heavy atom. The fourth-order valence-electron chi connectivity index (χ4n) is 1.51. The molecule has 0 amide bonds. The van der Waals surface area contributed by atoms with Crippen LogP contribution in [0.5, 0.6) is 0 Å². The molecule has 0 atom stereocenters. The summed E-state index contributed by atoms with van der Waals surface area (Å²) in [7, 11) is -3.65. The second-order valence-corrected chi connectivity index (χ2v) is 6.28. The number of nitrogens with zero attached hydrogens (tertiary/aromatic N) is 1. The highest BCUT2D eigenvalue weighted by Gasteiger charge is 2.20. The Balaban J connectivity index is 3.02.